The molecule has 0 aliphatic heterocycles. The summed E-state index contributed by atoms with van der Waals surface area (Å²) in [5.41, 5.74) is 2.01. The molecule has 0 radical (unpaired) electrons. The van der Waals surface area contributed by atoms with Crippen LogP contribution < -0.4 is 0 Å². The van der Waals surface area contributed by atoms with Gasteiger partial charge in [0, 0.05) is 12.3 Å². The Morgan fingerprint density at radius 2 is 1.54 bits per heavy atom. The second-order valence-corrected chi connectivity index (χ2v) is 15.8. The Kier molecular flexibility index (Phi) is 6.14. The molecule has 0 aromatic carbocycles. The highest BCUT2D eigenvalue weighted by Gasteiger charge is 2.69. The summed E-state index contributed by atoms with van der Waals surface area (Å²) >= 11 is 0. The molecule has 4 fully saturated rings. The summed E-state index contributed by atoms with van der Waals surface area (Å²) in [6.07, 6.45) is 13.4. The van der Waals surface area contributed by atoms with Gasteiger partial charge in [0.2, 0.25) is 0 Å². The van der Waals surface area contributed by atoms with Crippen LogP contribution in [-0.4, -0.2) is 25.2 Å². The van der Waals surface area contributed by atoms with Crippen LogP contribution in [0.3, 0.4) is 0 Å². The average molecular weight is 513 g/mol. The largest absolute Gasteiger partial charge is 0.469 e. The summed E-state index contributed by atoms with van der Waals surface area (Å²) in [5, 5.41) is 0. The van der Waals surface area contributed by atoms with E-state index in [1.807, 2.05) is 0 Å². The molecule has 4 nitrogen and oxygen atoms in total. The van der Waals surface area contributed by atoms with Gasteiger partial charge in [-0.1, -0.05) is 60.1 Å². The van der Waals surface area contributed by atoms with Crippen LogP contribution in [0.4, 0.5) is 0 Å². The van der Waals surface area contributed by atoms with E-state index in [-0.39, 0.29) is 50.5 Å². The van der Waals surface area contributed by atoms with Gasteiger partial charge >= 0.3 is 11.9 Å². The van der Waals surface area contributed by atoms with Crippen molar-refractivity contribution in [1.29, 1.82) is 0 Å². The molecule has 5 rings (SSSR count). The number of carbonyl (C=O) groups is 2. The molecule has 0 N–H and O–H groups in total. The number of fused-ring (bicyclic) bond motifs is 7. The van der Waals surface area contributed by atoms with Gasteiger partial charge in [0.05, 0.1) is 12.5 Å². The lowest BCUT2D eigenvalue weighted by Gasteiger charge is -2.71. The molecule has 0 unspecified atom stereocenters. The highest BCUT2D eigenvalue weighted by Crippen LogP contribution is 2.75. The molecule has 5 aliphatic rings. The van der Waals surface area contributed by atoms with E-state index in [4.69, 9.17) is 9.47 Å². The van der Waals surface area contributed by atoms with Gasteiger partial charge in [-0.2, -0.15) is 0 Å². The third-order valence-electron chi connectivity index (χ3n) is 13.5. The number of esters is 2. The standard InChI is InChI=1S/C33H52O4/c1-21(34)37-26-13-14-30(6)24(29(26,4)5)12-15-32(8)25(30)11-10-22-23-20-28(2,3)16-18-33(23,27(35)36-9)19-17-31(22,32)7/h10,23-26H,11-20H2,1-9H3/t23-,24+,25-,26+,30+,31-,32-,33+/m1/s1. The van der Waals surface area contributed by atoms with E-state index in [2.05, 4.69) is 54.5 Å². The molecular formula is C33H52O4. The fraction of sp³-hybridized carbons (Fsp3) is 0.879. The minimum Gasteiger partial charge on any atom is -0.469 e. The van der Waals surface area contributed by atoms with E-state index in [0.717, 1.165) is 51.4 Å². The minimum atomic E-state index is -0.343. The summed E-state index contributed by atoms with van der Waals surface area (Å²) in [6.45, 7) is 18.8. The normalized spacial score (nSPS) is 47.8. The van der Waals surface area contributed by atoms with E-state index < -0.39 is 0 Å². The average Bonchev–Trinajstić information content (AvgIpc) is 2.80. The Morgan fingerprint density at radius 3 is 2.19 bits per heavy atom. The van der Waals surface area contributed by atoms with E-state index in [9.17, 15) is 9.59 Å². The van der Waals surface area contributed by atoms with Crippen molar-refractivity contribution in [2.45, 2.75) is 126 Å². The Hall–Kier alpha value is -1.32. The molecule has 0 aromatic rings. The molecule has 8 atom stereocenters. The predicted molar refractivity (Wildman–Crippen MR) is 147 cm³/mol. The number of ether oxygens (including phenoxy) is 2. The quantitative estimate of drug-likeness (QED) is 0.279. The number of carbonyl (C=O) groups excluding carboxylic acids is 2. The van der Waals surface area contributed by atoms with Crippen LogP contribution in [0.5, 0.6) is 0 Å². The molecule has 37 heavy (non-hydrogen) atoms. The number of hydrogen-bond acceptors (Lipinski definition) is 4. The number of allylic oxidation sites excluding steroid dienone is 2. The number of methoxy groups -OCH3 is 1. The number of hydrogen-bond donors (Lipinski definition) is 0. The maximum absolute atomic E-state index is 13.4. The van der Waals surface area contributed by atoms with Crippen molar-refractivity contribution < 1.29 is 19.1 Å². The summed E-state index contributed by atoms with van der Waals surface area (Å²) in [7, 11) is 1.59. The first-order chi connectivity index (χ1) is 17.1. The predicted octanol–water partition coefficient (Wildman–Crippen LogP) is 7.89. The van der Waals surface area contributed by atoms with E-state index in [1.54, 1.807) is 19.6 Å². The van der Waals surface area contributed by atoms with Gasteiger partial charge in [0.15, 0.2) is 0 Å². The molecule has 5 aliphatic carbocycles. The molecule has 0 bridgehead atoms. The van der Waals surface area contributed by atoms with Crippen LogP contribution in [0, 0.1) is 50.2 Å². The molecule has 0 amide bonds. The highest BCUT2D eigenvalue weighted by atomic mass is 16.5. The van der Waals surface area contributed by atoms with Crippen LogP contribution in [0.2, 0.25) is 0 Å². The lowest BCUT2D eigenvalue weighted by atomic mass is 9.33. The second kappa shape index (κ2) is 8.34. The molecule has 0 aromatic heterocycles. The van der Waals surface area contributed by atoms with E-state index in [1.165, 1.54) is 12.8 Å². The Labute approximate surface area is 225 Å². The third-order valence-corrected chi connectivity index (χ3v) is 13.5. The summed E-state index contributed by atoms with van der Waals surface area (Å²) in [4.78, 5) is 25.3. The van der Waals surface area contributed by atoms with Crippen molar-refractivity contribution >= 4 is 11.9 Å². The zero-order valence-corrected chi connectivity index (χ0v) is 25.1. The monoisotopic (exact) mass is 512 g/mol. The maximum atomic E-state index is 13.4. The maximum Gasteiger partial charge on any atom is 0.312 e. The Bertz CT molecular complexity index is 1010. The number of rotatable bonds is 2. The first-order valence-corrected chi connectivity index (χ1v) is 15.0. The first kappa shape index (κ1) is 27.3. The Morgan fingerprint density at radius 1 is 0.865 bits per heavy atom. The van der Waals surface area contributed by atoms with Gasteiger partial charge in [-0.15, -0.1) is 0 Å². The lowest BCUT2D eigenvalue weighted by Crippen LogP contribution is -2.65. The van der Waals surface area contributed by atoms with Crippen LogP contribution in [0.1, 0.15) is 120 Å². The topological polar surface area (TPSA) is 52.6 Å². The van der Waals surface area contributed by atoms with Gasteiger partial charge in [-0.25, -0.2) is 0 Å². The van der Waals surface area contributed by atoms with Gasteiger partial charge in [0.1, 0.15) is 6.10 Å². The van der Waals surface area contributed by atoms with Crippen molar-refractivity contribution in [3.8, 4) is 0 Å². The molecule has 4 saturated carbocycles. The fourth-order valence-electron chi connectivity index (χ4n) is 11.2. The van der Waals surface area contributed by atoms with E-state index in [0.29, 0.717) is 17.8 Å². The second-order valence-electron chi connectivity index (χ2n) is 15.8. The zero-order valence-electron chi connectivity index (χ0n) is 25.1. The minimum absolute atomic E-state index is 0.0116. The summed E-state index contributed by atoms with van der Waals surface area (Å²) < 4.78 is 11.4. The Balaban J connectivity index is 1.55. The van der Waals surface area contributed by atoms with Crippen molar-refractivity contribution in [3.05, 3.63) is 11.6 Å². The van der Waals surface area contributed by atoms with Gasteiger partial charge in [-0.3, -0.25) is 9.59 Å². The first-order valence-electron chi connectivity index (χ1n) is 15.0. The molecule has 208 valence electrons. The SMILES string of the molecule is COC(=O)[C@]12CCC(C)(C)C[C@@H]1C1=CC[C@@H]3[C@@]4(C)CC[C@H](OC(C)=O)C(C)(C)[C@@H]4CC[C@@]3(C)[C@]1(C)CC2. The van der Waals surface area contributed by atoms with Crippen LogP contribution in [-0.2, 0) is 19.1 Å². The van der Waals surface area contributed by atoms with Crippen molar-refractivity contribution in [2.24, 2.45) is 50.2 Å². The molecule has 4 heteroatoms. The smallest absolute Gasteiger partial charge is 0.312 e. The molecular weight excluding hydrogens is 460 g/mol. The lowest BCUT2D eigenvalue weighted by molar-refractivity contribution is -0.213. The fourth-order valence-corrected chi connectivity index (χ4v) is 11.2. The highest BCUT2D eigenvalue weighted by molar-refractivity contribution is 5.78. The summed E-state index contributed by atoms with van der Waals surface area (Å²) in [5.74, 6) is 1.33. The molecule has 0 heterocycles. The van der Waals surface area contributed by atoms with Crippen LogP contribution in [0.25, 0.3) is 0 Å². The van der Waals surface area contributed by atoms with Crippen molar-refractivity contribution in [2.75, 3.05) is 7.11 Å². The molecule has 0 spiro atoms. The van der Waals surface area contributed by atoms with Crippen LogP contribution >= 0.6 is 0 Å². The van der Waals surface area contributed by atoms with Crippen LogP contribution in [0.15, 0.2) is 11.6 Å². The van der Waals surface area contributed by atoms with Crippen molar-refractivity contribution in [1.82, 2.24) is 0 Å². The zero-order chi connectivity index (χ0) is 27.2. The van der Waals surface area contributed by atoms with Gasteiger partial charge in [-0.05, 0) is 104 Å². The van der Waals surface area contributed by atoms with Crippen molar-refractivity contribution in [3.63, 3.8) is 0 Å². The molecule has 0 saturated heterocycles. The summed E-state index contributed by atoms with van der Waals surface area (Å²) in [6, 6.07) is 0. The van der Waals surface area contributed by atoms with Gasteiger partial charge < -0.3 is 9.47 Å². The van der Waals surface area contributed by atoms with Gasteiger partial charge in [0.25, 0.3) is 0 Å². The van der Waals surface area contributed by atoms with E-state index >= 15 is 0 Å². The third kappa shape index (κ3) is 3.58.